The molecule has 5 heteroatoms. The van der Waals surface area contributed by atoms with E-state index in [0.717, 1.165) is 0 Å². The molecule has 0 N–H and O–H groups in total. The molecular weight excluding hydrogens is 211 g/mol. The van der Waals surface area contributed by atoms with Crippen molar-refractivity contribution < 1.29 is 13.2 Å². The van der Waals surface area contributed by atoms with Gasteiger partial charge in [0.2, 0.25) is 0 Å². The summed E-state index contributed by atoms with van der Waals surface area (Å²) in [6.07, 6.45) is 3.33. The number of rotatable bonds is 1. The Hall–Kier alpha value is -1.10. The molecule has 0 aromatic carbocycles. The standard InChI is InChI=1S/C9H6F3NS/c10-9(11,12)14-8-4-6-13-5-2-1-3-7(8)13/h1-6H. The fourth-order valence-corrected chi connectivity index (χ4v) is 1.90. The molecule has 0 unspecified atom stereocenters. The lowest BCUT2D eigenvalue weighted by Crippen LogP contribution is -1.98. The van der Waals surface area contributed by atoms with Gasteiger partial charge in [-0.1, -0.05) is 6.07 Å². The Morgan fingerprint density at radius 2 is 1.86 bits per heavy atom. The van der Waals surface area contributed by atoms with Crippen molar-refractivity contribution >= 4 is 17.3 Å². The third-order valence-electron chi connectivity index (χ3n) is 1.75. The van der Waals surface area contributed by atoms with E-state index >= 15 is 0 Å². The molecule has 0 radical (unpaired) electrons. The van der Waals surface area contributed by atoms with Crippen molar-refractivity contribution in [2.45, 2.75) is 10.4 Å². The summed E-state index contributed by atoms with van der Waals surface area (Å²) >= 11 is -0.0839. The van der Waals surface area contributed by atoms with E-state index in [1.807, 2.05) is 0 Å². The molecule has 0 bridgehead atoms. The van der Waals surface area contributed by atoms with Gasteiger partial charge in [-0.3, -0.25) is 0 Å². The van der Waals surface area contributed by atoms with Gasteiger partial charge in [-0.2, -0.15) is 13.2 Å². The van der Waals surface area contributed by atoms with Crippen molar-refractivity contribution in [2.24, 2.45) is 0 Å². The Morgan fingerprint density at radius 3 is 2.57 bits per heavy atom. The van der Waals surface area contributed by atoms with Gasteiger partial charge in [0, 0.05) is 17.3 Å². The molecule has 0 amide bonds. The Kier molecular flexibility index (Phi) is 2.19. The monoisotopic (exact) mass is 217 g/mol. The van der Waals surface area contributed by atoms with Crippen LogP contribution in [0.25, 0.3) is 5.52 Å². The summed E-state index contributed by atoms with van der Waals surface area (Å²) in [5.74, 6) is 0. The van der Waals surface area contributed by atoms with Crippen LogP contribution >= 0.6 is 11.8 Å². The van der Waals surface area contributed by atoms with Crippen LogP contribution in [0.3, 0.4) is 0 Å². The molecular formula is C9H6F3NS. The fraction of sp³-hybridized carbons (Fsp3) is 0.111. The summed E-state index contributed by atoms with van der Waals surface area (Å²) < 4.78 is 38.0. The number of aromatic nitrogens is 1. The van der Waals surface area contributed by atoms with Crippen molar-refractivity contribution in [3.63, 3.8) is 0 Å². The van der Waals surface area contributed by atoms with Gasteiger partial charge in [0.25, 0.3) is 0 Å². The second kappa shape index (κ2) is 3.24. The molecule has 0 aliphatic rings. The lowest BCUT2D eigenvalue weighted by Gasteiger charge is -2.03. The van der Waals surface area contributed by atoms with Crippen LogP contribution in [0.5, 0.6) is 0 Å². The minimum absolute atomic E-state index is 0.0839. The van der Waals surface area contributed by atoms with Gasteiger partial charge >= 0.3 is 5.51 Å². The Labute approximate surface area is 82.5 Å². The first-order chi connectivity index (χ1) is 6.56. The van der Waals surface area contributed by atoms with E-state index < -0.39 is 5.51 Å². The Bertz CT molecular complexity index is 446. The predicted molar refractivity (Wildman–Crippen MR) is 49.3 cm³/mol. The summed E-state index contributed by atoms with van der Waals surface area (Å²) in [6, 6.07) is 6.62. The molecule has 0 aliphatic carbocycles. The maximum Gasteiger partial charge on any atom is 0.446 e. The van der Waals surface area contributed by atoms with E-state index in [2.05, 4.69) is 0 Å². The highest BCUT2D eigenvalue weighted by Crippen LogP contribution is 2.39. The van der Waals surface area contributed by atoms with Gasteiger partial charge in [0.15, 0.2) is 0 Å². The zero-order chi connectivity index (χ0) is 10.2. The van der Waals surface area contributed by atoms with E-state index in [0.29, 0.717) is 5.52 Å². The van der Waals surface area contributed by atoms with Gasteiger partial charge in [0.05, 0.1) is 5.52 Å². The van der Waals surface area contributed by atoms with Crippen molar-refractivity contribution in [1.82, 2.24) is 4.40 Å². The Balaban J connectivity index is 2.44. The van der Waals surface area contributed by atoms with Crippen molar-refractivity contribution in [2.75, 3.05) is 0 Å². The second-order valence-corrected chi connectivity index (χ2v) is 3.83. The molecule has 0 saturated heterocycles. The predicted octanol–water partition coefficient (Wildman–Crippen LogP) is 3.55. The largest absolute Gasteiger partial charge is 0.446 e. The summed E-state index contributed by atoms with van der Waals surface area (Å²) in [6.45, 7) is 0. The second-order valence-electron chi connectivity index (χ2n) is 2.72. The molecule has 0 aliphatic heterocycles. The molecule has 74 valence electrons. The number of fused-ring (bicyclic) bond motifs is 1. The Morgan fingerprint density at radius 1 is 1.07 bits per heavy atom. The van der Waals surface area contributed by atoms with Crippen molar-refractivity contribution in [3.05, 3.63) is 36.7 Å². The normalized spacial score (nSPS) is 12.2. The molecule has 0 saturated carbocycles. The number of nitrogens with zero attached hydrogens (tertiary/aromatic N) is 1. The molecule has 1 nitrogen and oxygen atoms in total. The molecule has 2 heterocycles. The molecule has 2 aromatic rings. The van der Waals surface area contributed by atoms with E-state index in [1.165, 1.54) is 6.07 Å². The SMILES string of the molecule is FC(F)(F)Sc1ccn2ccccc12. The number of pyridine rings is 1. The van der Waals surface area contributed by atoms with Crippen LogP contribution in [0, 0.1) is 0 Å². The van der Waals surface area contributed by atoms with Crippen molar-refractivity contribution in [1.29, 1.82) is 0 Å². The molecule has 2 aromatic heterocycles. The van der Waals surface area contributed by atoms with Gasteiger partial charge < -0.3 is 4.40 Å². The highest BCUT2D eigenvalue weighted by atomic mass is 32.2. The van der Waals surface area contributed by atoms with Gasteiger partial charge in [-0.05, 0) is 30.0 Å². The first-order valence-electron chi connectivity index (χ1n) is 3.88. The highest BCUT2D eigenvalue weighted by molar-refractivity contribution is 8.00. The highest BCUT2D eigenvalue weighted by Gasteiger charge is 2.30. The van der Waals surface area contributed by atoms with E-state index in [4.69, 9.17) is 0 Å². The molecule has 2 rings (SSSR count). The number of hydrogen-bond donors (Lipinski definition) is 0. The smallest absolute Gasteiger partial charge is 0.323 e. The van der Waals surface area contributed by atoms with Gasteiger partial charge in [-0.25, -0.2) is 0 Å². The summed E-state index contributed by atoms with van der Waals surface area (Å²) in [4.78, 5) is 0.234. The third-order valence-corrected chi connectivity index (χ3v) is 2.55. The van der Waals surface area contributed by atoms with Crippen LogP contribution in [-0.2, 0) is 0 Å². The van der Waals surface area contributed by atoms with Crippen LogP contribution in [0.15, 0.2) is 41.6 Å². The average molecular weight is 217 g/mol. The third kappa shape index (κ3) is 1.87. The lowest BCUT2D eigenvalue weighted by molar-refractivity contribution is -0.0327. The maximum absolute atomic E-state index is 12.1. The van der Waals surface area contributed by atoms with Gasteiger partial charge in [0.1, 0.15) is 0 Å². The van der Waals surface area contributed by atoms with Crippen molar-refractivity contribution in [3.8, 4) is 0 Å². The quantitative estimate of drug-likeness (QED) is 0.661. The van der Waals surface area contributed by atoms with E-state index in [-0.39, 0.29) is 16.7 Å². The molecule has 0 atom stereocenters. The van der Waals surface area contributed by atoms with Crippen LogP contribution in [0.4, 0.5) is 13.2 Å². The number of alkyl halides is 3. The summed E-state index contributed by atoms with van der Waals surface area (Å²) in [5, 5.41) is 0. The number of thioether (sulfide) groups is 1. The number of hydrogen-bond acceptors (Lipinski definition) is 1. The minimum Gasteiger partial charge on any atom is -0.323 e. The zero-order valence-electron chi connectivity index (χ0n) is 6.95. The van der Waals surface area contributed by atoms with Gasteiger partial charge in [-0.15, -0.1) is 0 Å². The zero-order valence-corrected chi connectivity index (χ0v) is 7.77. The lowest BCUT2D eigenvalue weighted by atomic mass is 10.4. The maximum atomic E-state index is 12.1. The van der Waals surface area contributed by atoms with E-state index in [1.54, 1.807) is 35.0 Å². The average Bonchev–Trinajstić information content (AvgIpc) is 2.47. The van der Waals surface area contributed by atoms with Crippen LogP contribution in [-0.4, -0.2) is 9.91 Å². The summed E-state index contributed by atoms with van der Waals surface area (Å²) in [7, 11) is 0. The van der Waals surface area contributed by atoms with Crippen LogP contribution in [0.2, 0.25) is 0 Å². The summed E-state index contributed by atoms with van der Waals surface area (Å²) in [5.41, 5.74) is -3.65. The molecule has 0 fully saturated rings. The first-order valence-corrected chi connectivity index (χ1v) is 4.69. The minimum atomic E-state index is -4.22. The number of halogens is 3. The molecule has 0 spiro atoms. The topological polar surface area (TPSA) is 4.41 Å². The fourth-order valence-electron chi connectivity index (χ4n) is 1.24. The van der Waals surface area contributed by atoms with Crippen LogP contribution in [0.1, 0.15) is 0 Å². The first kappa shape index (κ1) is 9.45. The van der Waals surface area contributed by atoms with E-state index in [9.17, 15) is 13.2 Å². The van der Waals surface area contributed by atoms with Crippen LogP contribution < -0.4 is 0 Å². The molecule has 14 heavy (non-hydrogen) atoms.